The second kappa shape index (κ2) is 10.9. The third-order valence-electron chi connectivity index (χ3n) is 6.59. The van der Waals surface area contributed by atoms with Crippen molar-refractivity contribution < 1.29 is 14.4 Å². The minimum absolute atomic E-state index is 0.190. The first-order chi connectivity index (χ1) is 18.1. The molecule has 0 saturated carbocycles. The number of carbonyl (C=O) groups is 3. The van der Waals surface area contributed by atoms with E-state index in [0.29, 0.717) is 23.6 Å². The zero-order valence-electron chi connectivity index (χ0n) is 22.0. The predicted molar refractivity (Wildman–Crippen MR) is 147 cm³/mol. The SMILES string of the molecule is C=CC(=O)Nc1ccc(C(=O)Nc2n[nH]c3c2CN(C(=O)N[C@H](CN(C)C)c2ccccc2)C3(C)C)cc1. The van der Waals surface area contributed by atoms with Crippen LogP contribution in [0.4, 0.5) is 16.3 Å². The van der Waals surface area contributed by atoms with E-state index >= 15 is 0 Å². The maximum absolute atomic E-state index is 13.5. The predicted octanol–water partition coefficient (Wildman–Crippen LogP) is 3.85. The number of aromatic nitrogens is 2. The van der Waals surface area contributed by atoms with Gasteiger partial charge in [0.1, 0.15) is 0 Å². The lowest BCUT2D eigenvalue weighted by Gasteiger charge is -2.34. The number of nitrogens with one attached hydrogen (secondary N) is 4. The Morgan fingerprint density at radius 2 is 1.79 bits per heavy atom. The standard InChI is InChI=1S/C28H33N7O3/c1-6-23(36)29-20-14-12-19(13-15-20)26(37)31-25-21-16-35(28(2,3)24(21)32-33-25)27(38)30-22(17-34(4)5)18-10-8-7-9-11-18/h6-15,22H,1,16-17H2,2-5H3,(H,29,36)(H,30,38)(H2,31,32,33,37)/t22-/m1/s1. The van der Waals surface area contributed by atoms with E-state index in [1.54, 1.807) is 29.2 Å². The van der Waals surface area contributed by atoms with Gasteiger partial charge in [-0.2, -0.15) is 5.10 Å². The van der Waals surface area contributed by atoms with Crippen molar-refractivity contribution in [2.24, 2.45) is 0 Å². The first-order valence-electron chi connectivity index (χ1n) is 12.3. The number of fused-ring (bicyclic) bond motifs is 1. The highest BCUT2D eigenvalue weighted by atomic mass is 16.2. The van der Waals surface area contributed by atoms with Crippen molar-refractivity contribution in [1.29, 1.82) is 0 Å². The zero-order valence-corrected chi connectivity index (χ0v) is 22.0. The number of amides is 4. The first-order valence-corrected chi connectivity index (χ1v) is 12.3. The molecule has 2 aromatic carbocycles. The van der Waals surface area contributed by atoms with Crippen molar-refractivity contribution in [3.05, 3.63) is 89.6 Å². The van der Waals surface area contributed by atoms with Gasteiger partial charge in [0, 0.05) is 23.4 Å². The molecule has 3 aromatic rings. The number of urea groups is 1. The van der Waals surface area contributed by atoms with Crippen molar-refractivity contribution in [1.82, 2.24) is 25.3 Å². The number of anilines is 2. The molecule has 38 heavy (non-hydrogen) atoms. The van der Waals surface area contributed by atoms with Crippen molar-refractivity contribution in [3.63, 3.8) is 0 Å². The van der Waals surface area contributed by atoms with Crippen molar-refractivity contribution in [2.45, 2.75) is 32.0 Å². The second-order valence-corrected chi connectivity index (χ2v) is 9.97. The minimum Gasteiger partial charge on any atom is -0.330 e. The fourth-order valence-electron chi connectivity index (χ4n) is 4.53. The molecule has 2 heterocycles. The molecule has 4 amide bonds. The van der Waals surface area contributed by atoms with E-state index in [1.165, 1.54) is 6.08 Å². The fraction of sp³-hybridized carbons (Fsp3) is 0.286. The molecule has 0 bridgehead atoms. The summed E-state index contributed by atoms with van der Waals surface area (Å²) in [4.78, 5) is 41.7. The van der Waals surface area contributed by atoms with Crippen LogP contribution in [0, 0.1) is 0 Å². The Bertz CT molecular complexity index is 1330. The number of carbonyl (C=O) groups excluding carboxylic acids is 3. The highest BCUT2D eigenvalue weighted by Gasteiger charge is 2.44. The number of rotatable bonds is 8. The molecule has 4 N–H and O–H groups in total. The van der Waals surface area contributed by atoms with Crippen LogP contribution in [0.25, 0.3) is 0 Å². The molecule has 10 heteroatoms. The molecule has 10 nitrogen and oxygen atoms in total. The smallest absolute Gasteiger partial charge is 0.319 e. The van der Waals surface area contributed by atoms with E-state index in [4.69, 9.17) is 0 Å². The van der Waals surface area contributed by atoms with Crippen LogP contribution >= 0.6 is 0 Å². The minimum atomic E-state index is -0.667. The van der Waals surface area contributed by atoms with Gasteiger partial charge in [-0.05, 0) is 63.8 Å². The number of H-pyrrole nitrogens is 1. The highest BCUT2D eigenvalue weighted by Crippen LogP contribution is 2.40. The Hall–Kier alpha value is -4.44. The fourth-order valence-corrected chi connectivity index (χ4v) is 4.53. The third kappa shape index (κ3) is 5.60. The van der Waals surface area contributed by atoms with Crippen molar-refractivity contribution in [3.8, 4) is 0 Å². The molecule has 0 spiro atoms. The molecule has 0 saturated heterocycles. The molecule has 4 rings (SSSR count). The van der Waals surface area contributed by atoms with Gasteiger partial charge < -0.3 is 25.8 Å². The van der Waals surface area contributed by atoms with Crippen molar-refractivity contribution >= 4 is 29.4 Å². The Labute approximate surface area is 222 Å². The van der Waals surface area contributed by atoms with Crippen LogP contribution in [-0.4, -0.2) is 58.5 Å². The maximum Gasteiger partial charge on any atom is 0.319 e. The lowest BCUT2D eigenvalue weighted by atomic mass is 10.0. The summed E-state index contributed by atoms with van der Waals surface area (Å²) in [6.07, 6.45) is 1.17. The van der Waals surface area contributed by atoms with Crippen LogP contribution in [-0.2, 0) is 16.9 Å². The van der Waals surface area contributed by atoms with Gasteiger partial charge >= 0.3 is 6.03 Å². The largest absolute Gasteiger partial charge is 0.330 e. The van der Waals surface area contributed by atoms with Crippen LogP contribution in [0.2, 0.25) is 0 Å². The van der Waals surface area contributed by atoms with E-state index in [-0.39, 0.29) is 30.4 Å². The van der Waals surface area contributed by atoms with Crippen molar-refractivity contribution in [2.75, 3.05) is 31.3 Å². The van der Waals surface area contributed by atoms with E-state index in [2.05, 4.69) is 32.7 Å². The number of aromatic amines is 1. The van der Waals surface area contributed by atoms with Crippen LogP contribution in [0.1, 0.15) is 47.1 Å². The number of benzene rings is 2. The normalized spacial score (nSPS) is 14.5. The molecular formula is C28H33N7O3. The summed E-state index contributed by atoms with van der Waals surface area (Å²) < 4.78 is 0. The van der Waals surface area contributed by atoms with E-state index in [1.807, 2.05) is 63.2 Å². The summed E-state index contributed by atoms with van der Waals surface area (Å²) in [5, 5.41) is 16.0. The Morgan fingerprint density at radius 3 is 2.42 bits per heavy atom. The van der Waals surface area contributed by atoms with Gasteiger partial charge in [0.15, 0.2) is 5.82 Å². The molecule has 1 aliphatic rings. The van der Waals surface area contributed by atoms with Gasteiger partial charge in [-0.15, -0.1) is 0 Å². The lowest BCUT2D eigenvalue weighted by Crippen LogP contribution is -2.48. The molecule has 0 unspecified atom stereocenters. The van der Waals surface area contributed by atoms with E-state index in [9.17, 15) is 14.4 Å². The first kappa shape index (κ1) is 26.6. The average Bonchev–Trinajstić information content (AvgIpc) is 3.41. The summed E-state index contributed by atoms with van der Waals surface area (Å²) in [6.45, 7) is 8.25. The van der Waals surface area contributed by atoms with Gasteiger partial charge in [-0.3, -0.25) is 14.7 Å². The summed E-state index contributed by atoms with van der Waals surface area (Å²) in [5.41, 5.74) is 2.85. The summed E-state index contributed by atoms with van der Waals surface area (Å²) in [7, 11) is 3.94. The van der Waals surface area contributed by atoms with E-state index in [0.717, 1.165) is 16.8 Å². The van der Waals surface area contributed by atoms with Crippen LogP contribution in [0.15, 0.2) is 67.3 Å². The number of nitrogens with zero attached hydrogens (tertiary/aromatic N) is 3. The molecule has 1 aliphatic heterocycles. The van der Waals surface area contributed by atoms with Gasteiger partial charge in [0.2, 0.25) is 5.91 Å². The molecular weight excluding hydrogens is 482 g/mol. The quantitative estimate of drug-likeness (QED) is 0.340. The van der Waals surface area contributed by atoms with E-state index < -0.39 is 5.54 Å². The lowest BCUT2D eigenvalue weighted by molar-refractivity contribution is -0.111. The average molecular weight is 516 g/mol. The van der Waals surface area contributed by atoms with Gasteiger partial charge in [0.25, 0.3) is 5.91 Å². The third-order valence-corrected chi connectivity index (χ3v) is 6.59. The number of likely N-dealkylation sites (N-methyl/N-ethyl adjacent to an activating group) is 1. The summed E-state index contributed by atoms with van der Waals surface area (Å²) in [6, 6.07) is 16.0. The Balaban J connectivity index is 1.48. The maximum atomic E-state index is 13.5. The molecule has 1 aromatic heterocycles. The van der Waals surface area contributed by atoms with Crippen LogP contribution in [0.3, 0.4) is 0 Å². The number of hydrogen-bond donors (Lipinski definition) is 4. The second-order valence-electron chi connectivity index (χ2n) is 9.97. The van der Waals surface area contributed by atoms with Gasteiger partial charge in [-0.1, -0.05) is 36.9 Å². The monoisotopic (exact) mass is 515 g/mol. The van der Waals surface area contributed by atoms with Crippen LogP contribution < -0.4 is 16.0 Å². The zero-order chi connectivity index (χ0) is 27.4. The van der Waals surface area contributed by atoms with Crippen LogP contribution in [0.5, 0.6) is 0 Å². The summed E-state index contributed by atoms with van der Waals surface area (Å²) in [5.74, 6) is -0.302. The molecule has 0 aliphatic carbocycles. The molecule has 198 valence electrons. The number of hydrogen-bond acceptors (Lipinski definition) is 5. The molecule has 1 atom stereocenters. The summed E-state index contributed by atoms with van der Waals surface area (Å²) >= 11 is 0. The Kier molecular flexibility index (Phi) is 7.63. The highest BCUT2D eigenvalue weighted by molar-refractivity contribution is 6.05. The van der Waals surface area contributed by atoms with Gasteiger partial charge in [-0.25, -0.2) is 4.79 Å². The topological polar surface area (TPSA) is 122 Å². The Morgan fingerprint density at radius 1 is 1.11 bits per heavy atom. The molecule has 0 fully saturated rings. The van der Waals surface area contributed by atoms with Gasteiger partial charge in [0.05, 0.1) is 23.8 Å². The molecule has 0 radical (unpaired) electrons.